The molecule has 11 heteroatoms. The van der Waals surface area contributed by atoms with Crippen molar-refractivity contribution in [2.75, 3.05) is 6.54 Å². The second-order valence-corrected chi connectivity index (χ2v) is 7.33. The highest BCUT2D eigenvalue weighted by Gasteiger charge is 2.52. The minimum Gasteiger partial charge on any atom is -0.333 e. The molecule has 1 atom stereocenters. The molecule has 0 aromatic carbocycles. The molecule has 148 valence electrons. The number of hydrogen-bond acceptors (Lipinski definition) is 6. The van der Waals surface area contributed by atoms with E-state index in [4.69, 9.17) is 0 Å². The SMILES string of the molecule is CCC1(c2cnn(C)c2)NC(=O)N(CC(=O)NC(=O)NCc2cccs2)C1=O. The molecular weight excluding hydrogens is 384 g/mol. The van der Waals surface area contributed by atoms with Gasteiger partial charge in [0, 0.05) is 23.7 Å². The normalized spacial score (nSPS) is 18.9. The van der Waals surface area contributed by atoms with Crippen molar-refractivity contribution in [1.29, 1.82) is 0 Å². The number of urea groups is 2. The van der Waals surface area contributed by atoms with E-state index in [-0.39, 0.29) is 6.54 Å². The maximum atomic E-state index is 12.9. The van der Waals surface area contributed by atoms with Crippen LogP contribution in [0.3, 0.4) is 0 Å². The first-order chi connectivity index (χ1) is 13.4. The van der Waals surface area contributed by atoms with Crippen LogP contribution in [-0.2, 0) is 28.7 Å². The molecule has 3 rings (SSSR count). The Bertz CT molecular complexity index is 909. The highest BCUT2D eigenvalue weighted by molar-refractivity contribution is 7.09. The zero-order valence-corrected chi connectivity index (χ0v) is 16.2. The number of amides is 6. The maximum Gasteiger partial charge on any atom is 0.325 e. The fraction of sp³-hybridized carbons (Fsp3) is 0.353. The van der Waals surface area contributed by atoms with Gasteiger partial charge in [0.25, 0.3) is 5.91 Å². The number of nitrogens with one attached hydrogen (secondary N) is 3. The van der Waals surface area contributed by atoms with Gasteiger partial charge in [-0.25, -0.2) is 9.59 Å². The number of rotatable bonds is 6. The van der Waals surface area contributed by atoms with Gasteiger partial charge in [0.2, 0.25) is 5.91 Å². The average Bonchev–Trinajstić information content (AvgIpc) is 3.37. The average molecular weight is 404 g/mol. The van der Waals surface area contributed by atoms with Gasteiger partial charge in [0.15, 0.2) is 0 Å². The molecule has 1 unspecified atom stereocenters. The summed E-state index contributed by atoms with van der Waals surface area (Å²) in [6, 6.07) is 2.32. The molecule has 0 saturated carbocycles. The summed E-state index contributed by atoms with van der Waals surface area (Å²) in [5.74, 6) is -1.31. The fourth-order valence-electron chi connectivity index (χ4n) is 2.99. The third-order valence-electron chi connectivity index (χ3n) is 4.46. The van der Waals surface area contributed by atoms with Crippen LogP contribution >= 0.6 is 11.3 Å². The van der Waals surface area contributed by atoms with E-state index in [1.165, 1.54) is 22.2 Å². The van der Waals surface area contributed by atoms with Crippen molar-refractivity contribution in [2.45, 2.75) is 25.4 Å². The Morgan fingerprint density at radius 1 is 1.36 bits per heavy atom. The van der Waals surface area contributed by atoms with Gasteiger partial charge in [-0.05, 0) is 17.9 Å². The van der Waals surface area contributed by atoms with Crippen LogP contribution in [0.5, 0.6) is 0 Å². The Kier molecular flexibility index (Phi) is 5.45. The summed E-state index contributed by atoms with van der Waals surface area (Å²) < 4.78 is 1.53. The van der Waals surface area contributed by atoms with E-state index in [0.29, 0.717) is 12.0 Å². The lowest BCUT2D eigenvalue weighted by Gasteiger charge is -2.23. The molecule has 28 heavy (non-hydrogen) atoms. The third-order valence-corrected chi connectivity index (χ3v) is 5.34. The lowest BCUT2D eigenvalue weighted by atomic mass is 9.89. The van der Waals surface area contributed by atoms with E-state index < -0.39 is 36.0 Å². The Hall–Kier alpha value is -3.21. The zero-order chi connectivity index (χ0) is 20.3. The molecule has 10 nitrogen and oxygen atoms in total. The summed E-state index contributed by atoms with van der Waals surface area (Å²) in [6.45, 7) is 1.48. The number of carbonyl (C=O) groups excluding carboxylic acids is 4. The zero-order valence-electron chi connectivity index (χ0n) is 15.4. The van der Waals surface area contributed by atoms with Crippen LogP contribution in [0.2, 0.25) is 0 Å². The quantitative estimate of drug-likeness (QED) is 0.610. The highest BCUT2D eigenvalue weighted by Crippen LogP contribution is 2.31. The second kappa shape index (κ2) is 7.80. The van der Waals surface area contributed by atoms with Crippen molar-refractivity contribution < 1.29 is 19.2 Å². The van der Waals surface area contributed by atoms with Gasteiger partial charge in [-0.1, -0.05) is 13.0 Å². The lowest BCUT2D eigenvalue weighted by Crippen LogP contribution is -2.47. The van der Waals surface area contributed by atoms with Crippen molar-refractivity contribution in [2.24, 2.45) is 7.05 Å². The summed E-state index contributed by atoms with van der Waals surface area (Å²) in [7, 11) is 1.70. The number of aryl methyl sites for hydroxylation is 1. The first kappa shape index (κ1) is 19.5. The Labute approximate surface area is 164 Å². The van der Waals surface area contributed by atoms with Crippen molar-refractivity contribution >= 4 is 35.2 Å². The predicted octanol–water partition coefficient (Wildman–Crippen LogP) is 0.665. The molecule has 3 heterocycles. The van der Waals surface area contributed by atoms with E-state index in [9.17, 15) is 19.2 Å². The van der Waals surface area contributed by atoms with Crippen LogP contribution in [0.25, 0.3) is 0 Å². The topological polar surface area (TPSA) is 125 Å². The summed E-state index contributed by atoms with van der Waals surface area (Å²) in [5.41, 5.74) is -0.736. The summed E-state index contributed by atoms with van der Waals surface area (Å²) in [6.07, 6.45) is 3.44. The fourth-order valence-corrected chi connectivity index (χ4v) is 3.63. The maximum absolute atomic E-state index is 12.9. The Morgan fingerprint density at radius 3 is 2.75 bits per heavy atom. The molecule has 2 aromatic rings. The number of thiophene rings is 1. The van der Waals surface area contributed by atoms with Gasteiger partial charge in [-0.15, -0.1) is 11.3 Å². The summed E-state index contributed by atoms with van der Waals surface area (Å²) in [4.78, 5) is 51.0. The molecule has 1 saturated heterocycles. The molecule has 1 aliphatic heterocycles. The van der Waals surface area contributed by atoms with Crippen LogP contribution in [-0.4, -0.2) is 45.1 Å². The largest absolute Gasteiger partial charge is 0.333 e. The van der Waals surface area contributed by atoms with Crippen LogP contribution in [0.15, 0.2) is 29.9 Å². The van der Waals surface area contributed by atoms with Gasteiger partial charge >= 0.3 is 12.1 Å². The number of hydrogen-bond donors (Lipinski definition) is 3. The second-order valence-electron chi connectivity index (χ2n) is 6.29. The predicted molar refractivity (Wildman–Crippen MR) is 100 cm³/mol. The van der Waals surface area contributed by atoms with Gasteiger partial charge in [0.1, 0.15) is 12.1 Å². The van der Waals surface area contributed by atoms with Gasteiger partial charge in [-0.3, -0.25) is 24.5 Å². The van der Waals surface area contributed by atoms with Crippen LogP contribution in [0.1, 0.15) is 23.8 Å². The standard InChI is InChI=1S/C17H20N6O4S/c1-3-17(11-7-19-22(2)9-11)14(25)23(16(27)21-17)10-13(24)20-15(26)18-8-12-5-4-6-28-12/h4-7,9H,3,8,10H2,1-2H3,(H,21,27)(H2,18,20,24,26). The van der Waals surface area contributed by atoms with Gasteiger partial charge in [-0.2, -0.15) is 5.10 Å². The van der Waals surface area contributed by atoms with Crippen LogP contribution in [0, 0.1) is 0 Å². The molecule has 1 fully saturated rings. The first-order valence-corrected chi connectivity index (χ1v) is 9.47. The van der Waals surface area contributed by atoms with Crippen molar-refractivity contribution in [3.8, 4) is 0 Å². The van der Waals surface area contributed by atoms with E-state index in [1.807, 2.05) is 17.5 Å². The van der Waals surface area contributed by atoms with Crippen molar-refractivity contribution in [3.05, 3.63) is 40.3 Å². The van der Waals surface area contributed by atoms with Crippen LogP contribution in [0.4, 0.5) is 9.59 Å². The van der Waals surface area contributed by atoms with Gasteiger partial charge < -0.3 is 10.6 Å². The summed E-state index contributed by atoms with van der Waals surface area (Å²) >= 11 is 1.47. The molecule has 2 aromatic heterocycles. The number of aromatic nitrogens is 2. The minimum atomic E-state index is -1.27. The van der Waals surface area contributed by atoms with E-state index >= 15 is 0 Å². The molecule has 0 bridgehead atoms. The highest BCUT2D eigenvalue weighted by atomic mass is 32.1. The molecular formula is C17H20N6O4S. The molecule has 0 aliphatic carbocycles. The van der Waals surface area contributed by atoms with Crippen molar-refractivity contribution in [3.63, 3.8) is 0 Å². The number of imide groups is 2. The Morgan fingerprint density at radius 2 is 2.14 bits per heavy atom. The number of nitrogens with zero attached hydrogens (tertiary/aromatic N) is 3. The molecule has 0 spiro atoms. The molecule has 1 aliphatic rings. The molecule has 0 radical (unpaired) electrons. The monoisotopic (exact) mass is 404 g/mol. The van der Waals surface area contributed by atoms with E-state index in [1.54, 1.807) is 20.2 Å². The number of carbonyl (C=O) groups is 4. The smallest absolute Gasteiger partial charge is 0.325 e. The Balaban J connectivity index is 1.62. The van der Waals surface area contributed by atoms with Crippen LogP contribution < -0.4 is 16.0 Å². The van der Waals surface area contributed by atoms with Crippen molar-refractivity contribution in [1.82, 2.24) is 30.6 Å². The molecule has 6 amide bonds. The lowest BCUT2D eigenvalue weighted by molar-refractivity contribution is -0.135. The molecule has 3 N–H and O–H groups in total. The summed E-state index contributed by atoms with van der Waals surface area (Å²) in [5, 5.41) is 13.2. The van der Waals surface area contributed by atoms with E-state index in [2.05, 4.69) is 21.0 Å². The minimum absolute atomic E-state index is 0.278. The third kappa shape index (κ3) is 3.74. The van der Waals surface area contributed by atoms with Gasteiger partial charge in [0.05, 0.1) is 12.7 Å². The van der Waals surface area contributed by atoms with E-state index in [0.717, 1.165) is 9.78 Å². The first-order valence-electron chi connectivity index (χ1n) is 8.59.